The third-order valence-corrected chi connectivity index (χ3v) is 14.6. The van der Waals surface area contributed by atoms with Crippen molar-refractivity contribution in [3.05, 3.63) is 0 Å². The van der Waals surface area contributed by atoms with Crippen molar-refractivity contribution < 1.29 is 14.2 Å². The summed E-state index contributed by atoms with van der Waals surface area (Å²) in [4.78, 5) is 1.73. The van der Waals surface area contributed by atoms with Crippen molar-refractivity contribution in [2.75, 3.05) is 46.0 Å². The first-order valence-corrected chi connectivity index (χ1v) is 24.9. The van der Waals surface area contributed by atoms with Gasteiger partial charge in [-0.05, 0) is 220 Å². The molecule has 4 aliphatic rings. The first kappa shape index (κ1) is 57.1. The Labute approximate surface area is 433 Å². The van der Waals surface area contributed by atoms with Crippen LogP contribution < -0.4 is 17.2 Å². The summed E-state index contributed by atoms with van der Waals surface area (Å²) < 4.78 is 20.5. The smallest absolute Gasteiger partial charge is 0.0637 e. The molecular formula is C65H64N4O3. The molecule has 362 valence electrons. The number of nitrogens with zero attached hydrogens (tertiary/aromatic N) is 1. The monoisotopic (exact) mass is 948 g/mol. The zero-order chi connectivity index (χ0) is 51.5. The zero-order valence-electron chi connectivity index (χ0n) is 42.2. The van der Waals surface area contributed by atoms with E-state index in [9.17, 15) is 0 Å². The molecule has 4 fully saturated rings. The van der Waals surface area contributed by atoms with Gasteiger partial charge in [-0.15, -0.1) is 12.8 Å². The van der Waals surface area contributed by atoms with Crippen LogP contribution in [0, 0.1) is 237 Å². The standard InChI is InChI=1S/C65H64N4O3/c1-6-8-10-12-14-16-18-20-22-24-26-28-30-32-46-69(47-33-31-29-27-25-23-21-19-17-15-13-11-9-7-2)48-34-38-55(3)58-39-40-59-63-60(54-62(65(58,59)5)72-51-37-45-68)64(4)42-41-57(70-49-35-43-66)52-56(64)53-61(63)71-50-36-44-67/h1-2,55-63H,34-45,48-54,66-68H2,3-5H3/t55-,56+,57-,58-,59+,60+,61-,62+,63+,64+,65-/m1/s1. The quantitative estimate of drug-likeness (QED) is 0.107. The lowest BCUT2D eigenvalue weighted by Gasteiger charge is -2.65. The van der Waals surface area contributed by atoms with Crippen LogP contribution in [-0.4, -0.2) is 69.2 Å². The van der Waals surface area contributed by atoms with E-state index in [1.807, 2.05) is 0 Å². The molecule has 4 rings (SSSR count). The molecule has 7 heteroatoms. The molecule has 72 heavy (non-hydrogen) atoms. The molecule has 0 unspecified atom stereocenters. The third-order valence-electron chi connectivity index (χ3n) is 14.6. The highest BCUT2D eigenvalue weighted by Crippen LogP contribution is 2.69. The lowest BCUT2D eigenvalue weighted by atomic mass is 9.43. The van der Waals surface area contributed by atoms with Gasteiger partial charge in [0.1, 0.15) is 0 Å². The van der Waals surface area contributed by atoms with Crippen LogP contribution in [0.4, 0.5) is 0 Å². The minimum Gasteiger partial charge on any atom is -0.378 e. The number of hydrogen-bond donors (Lipinski definition) is 3. The van der Waals surface area contributed by atoms with Gasteiger partial charge in [0, 0.05) is 127 Å². The molecular weight excluding hydrogens is 885 g/mol. The van der Waals surface area contributed by atoms with E-state index in [1.165, 1.54) is 12.8 Å². The van der Waals surface area contributed by atoms with Gasteiger partial charge >= 0.3 is 0 Å². The highest BCUT2D eigenvalue weighted by molar-refractivity contribution is 5.47. The van der Waals surface area contributed by atoms with Crippen LogP contribution in [-0.2, 0) is 14.2 Å². The van der Waals surface area contributed by atoms with Crippen LogP contribution >= 0.6 is 0 Å². The average Bonchev–Trinajstić information content (AvgIpc) is 3.74. The molecule has 6 N–H and O–H groups in total. The summed E-state index contributed by atoms with van der Waals surface area (Å²) in [6.07, 6.45) is 23.0. The third kappa shape index (κ3) is 18.0. The van der Waals surface area contributed by atoms with Crippen LogP contribution in [0.1, 0.15) is 97.8 Å². The topological polar surface area (TPSA) is 109 Å². The Hall–Kier alpha value is -7.48. The maximum absolute atomic E-state index is 7.07. The Bertz CT molecular complexity index is 2780. The summed E-state index contributed by atoms with van der Waals surface area (Å²) in [7, 11) is 0. The summed E-state index contributed by atoms with van der Waals surface area (Å²) >= 11 is 0. The molecule has 7 nitrogen and oxygen atoms in total. The SMILES string of the molecule is C#CC#CC#CC#CC#CC#CC#CC#CN(C#CC#CC#CC#CC#CC#CC#CC#C)CCC[C@@H](C)[C@H]1CC[C@H]2[C@@H]3[C@H](OCCCN)C[C@@H]4C[C@H](OCCCN)CC[C@]4(C)[C@H]3C[C@H](OCCCN)[C@]12C. The molecule has 11 atom stereocenters. The molecule has 4 aliphatic carbocycles. The first-order chi connectivity index (χ1) is 35.3. The molecule has 0 saturated heterocycles. The van der Waals surface area contributed by atoms with Gasteiger partial charge in [0.15, 0.2) is 0 Å². The summed E-state index contributed by atoms with van der Waals surface area (Å²) in [5.74, 6) is 75.0. The second kappa shape index (κ2) is 33.2. The summed E-state index contributed by atoms with van der Waals surface area (Å²) in [5.41, 5.74) is 18.1. The second-order valence-electron chi connectivity index (χ2n) is 18.5. The van der Waals surface area contributed by atoms with E-state index in [0.717, 1.165) is 70.8 Å². The minimum atomic E-state index is -0.0197. The van der Waals surface area contributed by atoms with Crippen LogP contribution in [0.2, 0.25) is 0 Å². The van der Waals surface area contributed by atoms with Crippen molar-refractivity contribution >= 4 is 0 Å². The van der Waals surface area contributed by atoms with E-state index in [4.69, 9.17) is 44.3 Å². The van der Waals surface area contributed by atoms with E-state index in [1.54, 1.807) is 4.90 Å². The second-order valence-corrected chi connectivity index (χ2v) is 18.5. The van der Waals surface area contributed by atoms with Gasteiger partial charge in [0.25, 0.3) is 0 Å². The van der Waals surface area contributed by atoms with Gasteiger partial charge in [0.2, 0.25) is 0 Å². The Balaban J connectivity index is 1.54. The van der Waals surface area contributed by atoms with Gasteiger partial charge in [-0.2, -0.15) is 0 Å². The number of fused-ring (bicyclic) bond motifs is 5. The summed E-state index contributed by atoms with van der Waals surface area (Å²) in [5, 5.41) is 0. The zero-order valence-corrected chi connectivity index (χ0v) is 42.2. The molecule has 0 aromatic carbocycles. The van der Waals surface area contributed by atoms with Gasteiger partial charge in [-0.25, -0.2) is 0 Å². The molecule has 0 spiro atoms. The Morgan fingerprint density at radius 2 is 0.986 bits per heavy atom. The molecule has 0 aromatic rings. The van der Waals surface area contributed by atoms with E-state index >= 15 is 0 Å². The number of ether oxygens (including phenoxy) is 3. The largest absolute Gasteiger partial charge is 0.378 e. The predicted octanol–water partition coefficient (Wildman–Crippen LogP) is 5.01. The normalized spacial score (nSPS) is 25.1. The highest BCUT2D eigenvalue weighted by Gasteiger charge is 2.66. The van der Waals surface area contributed by atoms with Crippen molar-refractivity contribution in [3.8, 4) is 191 Å². The Morgan fingerprint density at radius 1 is 0.528 bits per heavy atom. The van der Waals surface area contributed by atoms with Crippen LogP contribution in [0.15, 0.2) is 0 Å². The van der Waals surface area contributed by atoms with Crippen LogP contribution in [0.25, 0.3) is 0 Å². The lowest BCUT2D eigenvalue weighted by Crippen LogP contribution is -2.63. The maximum atomic E-state index is 7.07. The Morgan fingerprint density at radius 3 is 1.47 bits per heavy atom. The van der Waals surface area contributed by atoms with Crippen molar-refractivity contribution in [1.29, 1.82) is 0 Å². The molecule has 0 aromatic heterocycles. The number of hydrogen-bond acceptors (Lipinski definition) is 7. The molecule has 0 bridgehead atoms. The molecule has 0 amide bonds. The minimum absolute atomic E-state index is 0.0197. The number of rotatable bonds is 17. The van der Waals surface area contributed by atoms with Gasteiger partial charge in [-0.1, -0.05) is 20.8 Å². The van der Waals surface area contributed by atoms with Gasteiger partial charge in [-0.3, -0.25) is 4.90 Å². The number of terminal acetylenes is 2. The van der Waals surface area contributed by atoms with Crippen molar-refractivity contribution in [2.45, 2.75) is 116 Å². The van der Waals surface area contributed by atoms with Crippen molar-refractivity contribution in [2.24, 2.45) is 63.5 Å². The molecule has 4 saturated carbocycles. The van der Waals surface area contributed by atoms with Gasteiger partial charge < -0.3 is 31.4 Å². The first-order valence-electron chi connectivity index (χ1n) is 24.9. The molecule has 0 aliphatic heterocycles. The van der Waals surface area contributed by atoms with Crippen molar-refractivity contribution in [3.63, 3.8) is 0 Å². The van der Waals surface area contributed by atoms with E-state index in [2.05, 4.69) is 199 Å². The summed E-state index contributed by atoms with van der Waals surface area (Å²) in [6, 6.07) is 6.15. The van der Waals surface area contributed by atoms with E-state index < -0.39 is 0 Å². The lowest BCUT2D eigenvalue weighted by molar-refractivity contribution is -0.227. The van der Waals surface area contributed by atoms with Crippen molar-refractivity contribution in [1.82, 2.24) is 4.90 Å². The molecule has 0 heterocycles. The average molecular weight is 949 g/mol. The highest BCUT2D eigenvalue weighted by atomic mass is 16.5. The maximum Gasteiger partial charge on any atom is 0.0637 e. The molecule has 0 radical (unpaired) electrons. The van der Waals surface area contributed by atoms with Gasteiger partial charge in [0.05, 0.1) is 18.3 Å². The predicted molar refractivity (Wildman–Crippen MR) is 288 cm³/mol. The van der Waals surface area contributed by atoms with Crippen LogP contribution in [0.3, 0.4) is 0 Å². The van der Waals surface area contributed by atoms with Crippen LogP contribution in [0.5, 0.6) is 0 Å². The fourth-order valence-corrected chi connectivity index (χ4v) is 11.5. The van der Waals surface area contributed by atoms with E-state index in [-0.39, 0.29) is 29.1 Å². The fourth-order valence-electron chi connectivity index (χ4n) is 11.5. The fraction of sp³-hybridized carbons (Fsp3) is 0.508. The van der Waals surface area contributed by atoms with E-state index in [0.29, 0.717) is 74.9 Å². The Kier molecular flexibility index (Phi) is 26.3. The summed E-state index contributed by atoms with van der Waals surface area (Å²) in [6.45, 7) is 12.2. The number of nitrogens with two attached hydrogens (primary N) is 3.